The van der Waals surface area contributed by atoms with E-state index in [-0.39, 0.29) is 0 Å². The number of nitrogens with one attached hydrogen (secondary N) is 2. The highest BCUT2D eigenvalue weighted by Gasteiger charge is 2.16. The molecule has 5 heteroatoms. The lowest BCUT2D eigenvalue weighted by Gasteiger charge is -2.27. The van der Waals surface area contributed by atoms with Crippen molar-refractivity contribution in [2.24, 2.45) is 0 Å². The highest BCUT2D eigenvalue weighted by molar-refractivity contribution is 7.13. The van der Waals surface area contributed by atoms with Gasteiger partial charge in [0.2, 0.25) is 0 Å². The molecule has 2 aromatic rings. The van der Waals surface area contributed by atoms with Crippen molar-refractivity contribution in [1.29, 1.82) is 0 Å². The second-order valence-electron chi connectivity index (χ2n) is 5.43. The molecule has 21 heavy (non-hydrogen) atoms. The lowest BCUT2D eigenvalue weighted by Crippen LogP contribution is -2.43. The normalized spacial score (nSPS) is 20.1. The fourth-order valence-corrected chi connectivity index (χ4v) is 3.28. The molecule has 1 aliphatic rings. The van der Waals surface area contributed by atoms with Gasteiger partial charge in [0, 0.05) is 41.5 Å². The van der Waals surface area contributed by atoms with Crippen LogP contribution in [-0.2, 0) is 4.74 Å². The van der Waals surface area contributed by atoms with Gasteiger partial charge in [-0.1, -0.05) is 12.1 Å². The van der Waals surface area contributed by atoms with Crippen molar-refractivity contribution in [3.05, 3.63) is 35.8 Å². The highest BCUT2D eigenvalue weighted by atomic mass is 32.1. The Hall–Kier alpha value is -1.43. The van der Waals surface area contributed by atoms with Crippen molar-refractivity contribution >= 4 is 17.0 Å². The molecule has 2 atom stereocenters. The lowest BCUT2D eigenvalue weighted by atomic mass is 10.1. The average Bonchev–Trinajstić information content (AvgIpc) is 3.02. The molecule has 2 N–H and O–H groups in total. The van der Waals surface area contributed by atoms with Crippen LogP contribution in [0.1, 0.15) is 13.3 Å². The topological polar surface area (TPSA) is 46.2 Å². The van der Waals surface area contributed by atoms with E-state index in [1.54, 1.807) is 11.3 Å². The number of thiazole rings is 1. The fraction of sp³-hybridized carbons (Fsp3) is 0.438. The van der Waals surface area contributed by atoms with E-state index >= 15 is 0 Å². The first kappa shape index (κ1) is 14.5. The molecule has 0 aliphatic carbocycles. The van der Waals surface area contributed by atoms with Crippen LogP contribution in [0.2, 0.25) is 0 Å². The zero-order chi connectivity index (χ0) is 14.5. The van der Waals surface area contributed by atoms with Crippen LogP contribution in [0.3, 0.4) is 0 Å². The summed E-state index contributed by atoms with van der Waals surface area (Å²) in [5, 5.41) is 10.1. The lowest BCUT2D eigenvalue weighted by molar-refractivity contribution is 0.0731. The van der Waals surface area contributed by atoms with Gasteiger partial charge in [0.05, 0.1) is 13.2 Å². The summed E-state index contributed by atoms with van der Waals surface area (Å²) in [4.78, 5) is 4.36. The summed E-state index contributed by atoms with van der Waals surface area (Å²) < 4.78 is 5.50. The standard InChI is InChI=1S/C16H21N3OS/c1-12(9-15-11-20-7-5-17-15)19-14-4-2-3-13(10-14)16-18-6-8-21-16/h2-4,6,8,10,12,15,17,19H,5,7,9,11H2,1H3. The number of nitrogens with zero attached hydrogens (tertiary/aromatic N) is 1. The molecular weight excluding hydrogens is 282 g/mol. The maximum atomic E-state index is 5.50. The van der Waals surface area contributed by atoms with Crippen LogP contribution in [-0.4, -0.2) is 36.8 Å². The largest absolute Gasteiger partial charge is 0.383 e. The van der Waals surface area contributed by atoms with Gasteiger partial charge < -0.3 is 15.4 Å². The van der Waals surface area contributed by atoms with E-state index in [0.29, 0.717) is 12.1 Å². The first-order valence-electron chi connectivity index (χ1n) is 7.39. The van der Waals surface area contributed by atoms with Gasteiger partial charge >= 0.3 is 0 Å². The molecule has 1 aromatic carbocycles. The van der Waals surface area contributed by atoms with Gasteiger partial charge in [0.15, 0.2) is 0 Å². The van der Waals surface area contributed by atoms with Gasteiger partial charge in [0.25, 0.3) is 0 Å². The van der Waals surface area contributed by atoms with Crippen LogP contribution in [0.4, 0.5) is 5.69 Å². The number of anilines is 1. The molecule has 1 saturated heterocycles. The molecule has 0 radical (unpaired) electrons. The fourth-order valence-electron chi connectivity index (χ4n) is 2.65. The van der Waals surface area contributed by atoms with Crippen molar-refractivity contribution < 1.29 is 4.74 Å². The van der Waals surface area contributed by atoms with E-state index in [9.17, 15) is 0 Å². The molecule has 0 amide bonds. The molecule has 112 valence electrons. The van der Waals surface area contributed by atoms with Crippen molar-refractivity contribution in [2.75, 3.05) is 25.1 Å². The minimum atomic E-state index is 0.399. The minimum absolute atomic E-state index is 0.399. The highest BCUT2D eigenvalue weighted by Crippen LogP contribution is 2.25. The molecule has 0 saturated carbocycles. The van der Waals surface area contributed by atoms with Gasteiger partial charge in [0.1, 0.15) is 5.01 Å². The molecule has 1 aromatic heterocycles. The molecular formula is C16H21N3OS. The van der Waals surface area contributed by atoms with E-state index in [4.69, 9.17) is 4.74 Å². The molecule has 2 unspecified atom stereocenters. The Labute approximate surface area is 129 Å². The minimum Gasteiger partial charge on any atom is -0.383 e. The number of benzene rings is 1. The summed E-state index contributed by atoms with van der Waals surface area (Å²) >= 11 is 1.67. The Bertz CT molecular complexity index is 552. The quantitative estimate of drug-likeness (QED) is 0.891. The summed E-state index contributed by atoms with van der Waals surface area (Å²) in [6.07, 6.45) is 2.90. The van der Waals surface area contributed by atoms with Crippen LogP contribution >= 0.6 is 11.3 Å². The summed E-state index contributed by atoms with van der Waals surface area (Å²) in [6, 6.07) is 9.30. The monoisotopic (exact) mass is 303 g/mol. The molecule has 3 rings (SSSR count). The number of hydrogen-bond donors (Lipinski definition) is 2. The predicted molar refractivity (Wildman–Crippen MR) is 87.9 cm³/mol. The van der Waals surface area contributed by atoms with Crippen LogP contribution in [0.15, 0.2) is 35.8 Å². The first-order valence-corrected chi connectivity index (χ1v) is 8.27. The van der Waals surface area contributed by atoms with E-state index in [1.165, 1.54) is 5.56 Å². The van der Waals surface area contributed by atoms with Gasteiger partial charge in [-0.2, -0.15) is 0 Å². The van der Waals surface area contributed by atoms with Crippen molar-refractivity contribution in [1.82, 2.24) is 10.3 Å². The Balaban J connectivity index is 1.60. The molecule has 1 fully saturated rings. The summed E-state index contributed by atoms with van der Waals surface area (Å²) in [6.45, 7) is 4.81. The van der Waals surface area contributed by atoms with E-state index in [2.05, 4.69) is 46.8 Å². The van der Waals surface area contributed by atoms with E-state index < -0.39 is 0 Å². The molecule has 0 bridgehead atoms. The summed E-state index contributed by atoms with van der Waals surface area (Å²) in [5.74, 6) is 0. The Morgan fingerprint density at radius 1 is 1.52 bits per heavy atom. The van der Waals surface area contributed by atoms with Gasteiger partial charge in [-0.15, -0.1) is 11.3 Å². The Kier molecular flexibility index (Phi) is 4.85. The van der Waals surface area contributed by atoms with Crippen LogP contribution in [0, 0.1) is 0 Å². The van der Waals surface area contributed by atoms with Crippen LogP contribution in [0.25, 0.3) is 10.6 Å². The smallest absolute Gasteiger partial charge is 0.123 e. The number of ether oxygens (including phenoxy) is 1. The second-order valence-corrected chi connectivity index (χ2v) is 6.32. The number of morpholine rings is 1. The van der Waals surface area contributed by atoms with E-state index in [0.717, 1.165) is 36.9 Å². The maximum absolute atomic E-state index is 5.50. The predicted octanol–water partition coefficient (Wildman–Crippen LogP) is 2.99. The third kappa shape index (κ3) is 4.03. The zero-order valence-electron chi connectivity index (χ0n) is 12.2. The number of rotatable bonds is 5. The number of aromatic nitrogens is 1. The molecule has 2 heterocycles. The van der Waals surface area contributed by atoms with Gasteiger partial charge in [-0.25, -0.2) is 4.98 Å². The van der Waals surface area contributed by atoms with E-state index in [1.807, 2.05) is 11.6 Å². The maximum Gasteiger partial charge on any atom is 0.123 e. The summed E-state index contributed by atoms with van der Waals surface area (Å²) in [7, 11) is 0. The molecule has 0 spiro atoms. The zero-order valence-corrected chi connectivity index (χ0v) is 13.0. The number of hydrogen-bond acceptors (Lipinski definition) is 5. The third-order valence-electron chi connectivity index (χ3n) is 3.59. The first-order chi connectivity index (χ1) is 10.3. The SMILES string of the molecule is CC(CC1COCCN1)Nc1cccc(-c2nccs2)c1. The van der Waals surface area contributed by atoms with Crippen LogP contribution < -0.4 is 10.6 Å². The van der Waals surface area contributed by atoms with Gasteiger partial charge in [-0.05, 0) is 25.5 Å². The third-order valence-corrected chi connectivity index (χ3v) is 4.41. The van der Waals surface area contributed by atoms with Crippen molar-refractivity contribution in [3.63, 3.8) is 0 Å². The average molecular weight is 303 g/mol. The summed E-state index contributed by atoms with van der Waals surface area (Å²) in [5.41, 5.74) is 2.31. The Morgan fingerprint density at radius 3 is 3.24 bits per heavy atom. The Morgan fingerprint density at radius 2 is 2.48 bits per heavy atom. The van der Waals surface area contributed by atoms with Gasteiger partial charge in [-0.3, -0.25) is 0 Å². The van der Waals surface area contributed by atoms with Crippen molar-refractivity contribution in [2.45, 2.75) is 25.4 Å². The molecule has 1 aliphatic heterocycles. The second kappa shape index (κ2) is 7.02. The molecule has 4 nitrogen and oxygen atoms in total. The van der Waals surface area contributed by atoms with Crippen LogP contribution in [0.5, 0.6) is 0 Å². The van der Waals surface area contributed by atoms with Crippen molar-refractivity contribution in [3.8, 4) is 10.6 Å².